The highest BCUT2D eigenvalue weighted by Gasteiger charge is 2.45. The van der Waals surface area contributed by atoms with E-state index in [4.69, 9.17) is 4.98 Å². The highest BCUT2D eigenvalue weighted by atomic mass is 15.0. The van der Waals surface area contributed by atoms with E-state index in [1.807, 2.05) is 36.4 Å². The molecule has 4 aromatic heterocycles. The summed E-state index contributed by atoms with van der Waals surface area (Å²) < 4.78 is 2.48. The largest absolute Gasteiger partial charge is 0.309 e. The second-order valence-electron chi connectivity index (χ2n) is 14.4. The van der Waals surface area contributed by atoms with Crippen LogP contribution in [0.2, 0.25) is 0 Å². The summed E-state index contributed by atoms with van der Waals surface area (Å²) in [4.78, 5) is 14.2. The van der Waals surface area contributed by atoms with Crippen LogP contribution in [0, 0.1) is 0 Å². The zero-order valence-corrected chi connectivity index (χ0v) is 30.4. The van der Waals surface area contributed by atoms with E-state index in [2.05, 4.69) is 172 Å². The van der Waals surface area contributed by atoms with Gasteiger partial charge in [0.05, 0.1) is 44.9 Å². The quantitative estimate of drug-likeness (QED) is 0.172. The minimum Gasteiger partial charge on any atom is -0.309 e. The fraction of sp³-hybridized carbons (Fsp3) is 0.0192. The summed E-state index contributed by atoms with van der Waals surface area (Å²) >= 11 is 0. The van der Waals surface area contributed by atoms with Crippen LogP contribution in [0.25, 0.3) is 72.5 Å². The van der Waals surface area contributed by atoms with Crippen LogP contribution in [0.5, 0.6) is 0 Å². The number of aromatic nitrogens is 4. The lowest BCUT2D eigenvalue weighted by Gasteiger charge is -2.41. The molecular formula is C52H34N4. The Kier molecular flexibility index (Phi) is 7.36. The van der Waals surface area contributed by atoms with Gasteiger partial charge in [0.2, 0.25) is 0 Å². The molecule has 10 aromatic rings. The summed E-state index contributed by atoms with van der Waals surface area (Å²) in [7, 11) is 0. The van der Waals surface area contributed by atoms with Crippen molar-refractivity contribution in [3.63, 3.8) is 0 Å². The molecule has 0 saturated carbocycles. The lowest BCUT2D eigenvalue weighted by atomic mass is 9.63. The third-order valence-electron chi connectivity index (χ3n) is 11.4. The Morgan fingerprint density at radius 2 is 0.911 bits per heavy atom. The van der Waals surface area contributed by atoms with Gasteiger partial charge in [0.15, 0.2) is 0 Å². The predicted octanol–water partition coefficient (Wildman–Crippen LogP) is 12.3. The van der Waals surface area contributed by atoms with Crippen molar-refractivity contribution in [1.82, 2.24) is 19.5 Å². The van der Waals surface area contributed by atoms with Gasteiger partial charge in [-0.15, -0.1) is 0 Å². The Hall–Kier alpha value is -7.43. The van der Waals surface area contributed by atoms with Gasteiger partial charge in [-0.1, -0.05) is 146 Å². The van der Waals surface area contributed by atoms with Crippen LogP contribution in [0.4, 0.5) is 0 Å². The van der Waals surface area contributed by atoms with Gasteiger partial charge in [0.25, 0.3) is 0 Å². The Balaban J connectivity index is 1.03. The number of fused-ring (bicyclic) bond motifs is 5. The highest BCUT2D eigenvalue weighted by molar-refractivity contribution is 6.12. The molecule has 262 valence electrons. The van der Waals surface area contributed by atoms with Crippen molar-refractivity contribution in [3.05, 3.63) is 229 Å². The van der Waals surface area contributed by atoms with E-state index < -0.39 is 5.41 Å². The Morgan fingerprint density at radius 1 is 0.375 bits per heavy atom. The van der Waals surface area contributed by atoms with E-state index in [0.717, 1.165) is 45.0 Å². The third kappa shape index (κ3) is 4.89. The number of nitrogens with zero attached hydrogens (tertiary/aromatic N) is 4. The molecule has 0 bridgehead atoms. The van der Waals surface area contributed by atoms with Gasteiger partial charge in [0, 0.05) is 23.2 Å². The molecule has 4 nitrogen and oxygen atoms in total. The van der Waals surface area contributed by atoms with Crippen LogP contribution in [-0.2, 0) is 5.41 Å². The smallest absolute Gasteiger partial charge is 0.0900 e. The Bertz CT molecular complexity index is 2990. The Labute approximate surface area is 325 Å². The average Bonchev–Trinajstić information content (AvgIpc) is 3.63. The lowest BCUT2D eigenvalue weighted by molar-refractivity contribution is 0.728. The molecule has 0 spiro atoms. The summed E-state index contributed by atoms with van der Waals surface area (Å²) in [5.41, 5.74) is 16.0. The SMILES string of the molecule is c1ccc(C2(c3ccc(-c4ccc(-c5cc(-c6ccccn6)nc(-c6ccccn6)c5)cc4)cc3)c3ccccc3-n3c4ccccc4c4cccc2c43)cc1. The number of pyridine rings is 3. The summed E-state index contributed by atoms with van der Waals surface area (Å²) in [6.07, 6.45) is 3.61. The van der Waals surface area contributed by atoms with Crippen molar-refractivity contribution in [1.29, 1.82) is 0 Å². The van der Waals surface area contributed by atoms with Crippen molar-refractivity contribution in [2.24, 2.45) is 0 Å². The molecule has 1 aliphatic heterocycles. The fourth-order valence-corrected chi connectivity index (χ4v) is 8.94. The minimum atomic E-state index is -0.526. The number of hydrogen-bond donors (Lipinski definition) is 0. The lowest BCUT2D eigenvalue weighted by Crippen LogP contribution is -2.35. The minimum absolute atomic E-state index is 0.526. The summed E-state index contributed by atoms with van der Waals surface area (Å²) in [6.45, 7) is 0. The summed E-state index contributed by atoms with van der Waals surface area (Å²) in [6, 6.07) is 69.8. The summed E-state index contributed by atoms with van der Waals surface area (Å²) in [5, 5.41) is 2.55. The van der Waals surface area contributed by atoms with Gasteiger partial charge in [-0.3, -0.25) is 9.97 Å². The topological polar surface area (TPSA) is 43.6 Å². The molecule has 0 N–H and O–H groups in total. The molecular weight excluding hydrogens is 681 g/mol. The second kappa shape index (κ2) is 12.9. The van der Waals surface area contributed by atoms with Gasteiger partial charge in [-0.2, -0.15) is 0 Å². The second-order valence-corrected chi connectivity index (χ2v) is 14.4. The van der Waals surface area contributed by atoms with Crippen molar-refractivity contribution in [2.45, 2.75) is 5.41 Å². The first-order valence-electron chi connectivity index (χ1n) is 19.0. The van der Waals surface area contributed by atoms with E-state index in [1.54, 1.807) is 12.4 Å². The number of benzene rings is 6. The monoisotopic (exact) mass is 714 g/mol. The molecule has 56 heavy (non-hydrogen) atoms. The van der Waals surface area contributed by atoms with Gasteiger partial charge < -0.3 is 4.57 Å². The first-order chi connectivity index (χ1) is 27.8. The van der Waals surface area contributed by atoms with Gasteiger partial charge in [-0.05, 0) is 93.0 Å². The van der Waals surface area contributed by atoms with Crippen LogP contribution in [0.1, 0.15) is 22.3 Å². The molecule has 0 aliphatic carbocycles. The van der Waals surface area contributed by atoms with Crippen molar-refractivity contribution in [3.8, 4) is 50.7 Å². The van der Waals surface area contributed by atoms with Crippen molar-refractivity contribution < 1.29 is 0 Å². The maximum absolute atomic E-state index is 4.96. The Morgan fingerprint density at radius 3 is 1.59 bits per heavy atom. The molecule has 0 saturated heterocycles. The number of para-hydroxylation sites is 3. The fourth-order valence-electron chi connectivity index (χ4n) is 8.94. The average molecular weight is 715 g/mol. The van der Waals surface area contributed by atoms with Crippen LogP contribution in [0.3, 0.4) is 0 Å². The zero-order chi connectivity index (χ0) is 37.1. The molecule has 1 unspecified atom stereocenters. The molecule has 1 atom stereocenters. The molecule has 0 amide bonds. The molecule has 0 fully saturated rings. The van der Waals surface area contributed by atoms with Crippen LogP contribution >= 0.6 is 0 Å². The number of hydrogen-bond acceptors (Lipinski definition) is 3. The van der Waals surface area contributed by atoms with Gasteiger partial charge >= 0.3 is 0 Å². The number of rotatable bonds is 6. The summed E-state index contributed by atoms with van der Waals surface area (Å²) in [5.74, 6) is 0. The predicted molar refractivity (Wildman–Crippen MR) is 228 cm³/mol. The molecule has 1 aliphatic rings. The molecule has 5 heterocycles. The first-order valence-corrected chi connectivity index (χ1v) is 19.0. The molecule has 0 radical (unpaired) electrons. The van der Waals surface area contributed by atoms with Crippen LogP contribution in [-0.4, -0.2) is 19.5 Å². The van der Waals surface area contributed by atoms with E-state index in [1.165, 1.54) is 49.7 Å². The van der Waals surface area contributed by atoms with Crippen molar-refractivity contribution in [2.75, 3.05) is 0 Å². The standard InChI is InChI=1S/C52H34N4/c1-2-13-39(14-3-1)52(43-17-5-7-22-50(43)56-49-21-6-4-15-41(49)42-16-12-18-44(52)51(42)56)40-29-27-36(28-30-40)35-23-25-37(26-24-35)38-33-47(45-19-8-10-31-53-45)55-48(34-38)46-20-9-11-32-54-46/h1-34H. The normalized spacial score (nSPS) is 14.5. The molecule has 6 aromatic carbocycles. The molecule has 11 rings (SSSR count). The highest BCUT2D eigenvalue weighted by Crippen LogP contribution is 2.54. The molecule has 4 heteroatoms. The van der Waals surface area contributed by atoms with Crippen LogP contribution in [0.15, 0.2) is 207 Å². The van der Waals surface area contributed by atoms with E-state index in [0.29, 0.717) is 0 Å². The van der Waals surface area contributed by atoms with Crippen LogP contribution < -0.4 is 0 Å². The van der Waals surface area contributed by atoms with E-state index >= 15 is 0 Å². The first kappa shape index (κ1) is 32.0. The zero-order valence-electron chi connectivity index (χ0n) is 30.4. The van der Waals surface area contributed by atoms with Gasteiger partial charge in [0.1, 0.15) is 0 Å². The van der Waals surface area contributed by atoms with Gasteiger partial charge in [-0.25, -0.2) is 4.98 Å². The van der Waals surface area contributed by atoms with Crippen molar-refractivity contribution >= 4 is 21.8 Å². The van der Waals surface area contributed by atoms with E-state index in [-0.39, 0.29) is 0 Å². The van der Waals surface area contributed by atoms with E-state index in [9.17, 15) is 0 Å². The third-order valence-corrected chi connectivity index (χ3v) is 11.4. The maximum Gasteiger partial charge on any atom is 0.0900 e. The maximum atomic E-state index is 4.96.